The molecule has 2 aromatic rings. The molecule has 3 rings (SSSR count). The van der Waals surface area contributed by atoms with E-state index < -0.39 is 11.7 Å². The second-order valence-electron chi connectivity index (χ2n) is 5.11. The number of anilines is 2. The van der Waals surface area contributed by atoms with E-state index in [0.717, 1.165) is 11.3 Å². The van der Waals surface area contributed by atoms with E-state index in [2.05, 4.69) is 9.88 Å². The van der Waals surface area contributed by atoms with E-state index in [1.165, 1.54) is 4.90 Å². The molecule has 0 aliphatic carbocycles. The molecule has 0 radical (unpaired) electrons. The van der Waals surface area contributed by atoms with Crippen molar-refractivity contribution in [3.05, 3.63) is 53.9 Å². The Bertz CT molecular complexity index is 713. The van der Waals surface area contributed by atoms with Gasteiger partial charge in [-0.1, -0.05) is 6.07 Å². The molecular weight excluding hydrogens is 266 g/mol. The van der Waals surface area contributed by atoms with Crippen LogP contribution in [0.4, 0.5) is 11.4 Å². The highest BCUT2D eigenvalue weighted by Gasteiger charge is 2.33. The Morgan fingerprint density at radius 1 is 1.24 bits per heavy atom. The highest BCUT2D eigenvalue weighted by Crippen LogP contribution is 2.31. The highest BCUT2D eigenvalue weighted by molar-refractivity contribution is 6.52. The predicted molar refractivity (Wildman–Crippen MR) is 80.5 cm³/mol. The average molecular weight is 281 g/mol. The first-order chi connectivity index (χ1) is 10.1. The van der Waals surface area contributed by atoms with Gasteiger partial charge in [0.05, 0.1) is 11.3 Å². The van der Waals surface area contributed by atoms with E-state index in [4.69, 9.17) is 0 Å². The summed E-state index contributed by atoms with van der Waals surface area (Å²) in [7, 11) is 3.59. The van der Waals surface area contributed by atoms with Crippen molar-refractivity contribution in [3.8, 4) is 0 Å². The standard InChI is InChI=1S/C16H15N3O2/c1-18(10-11-4-3-7-17-9-11)12-5-6-13-14(8-12)19(2)16(21)15(13)20/h3-9H,10H2,1-2H3. The van der Waals surface area contributed by atoms with Gasteiger partial charge in [-0.25, -0.2) is 0 Å². The van der Waals surface area contributed by atoms with Crippen LogP contribution in [0, 0.1) is 0 Å². The van der Waals surface area contributed by atoms with E-state index >= 15 is 0 Å². The second-order valence-corrected chi connectivity index (χ2v) is 5.11. The van der Waals surface area contributed by atoms with Gasteiger partial charge in [-0.05, 0) is 29.8 Å². The summed E-state index contributed by atoms with van der Waals surface area (Å²) in [6, 6.07) is 9.36. The summed E-state index contributed by atoms with van der Waals surface area (Å²) in [5.41, 5.74) is 3.19. The molecule has 21 heavy (non-hydrogen) atoms. The van der Waals surface area contributed by atoms with Gasteiger partial charge >= 0.3 is 0 Å². The number of hydrogen-bond donors (Lipinski definition) is 0. The number of benzene rings is 1. The summed E-state index contributed by atoms with van der Waals surface area (Å²) >= 11 is 0. The lowest BCUT2D eigenvalue weighted by Gasteiger charge is -2.20. The summed E-state index contributed by atoms with van der Waals surface area (Å²) in [6.07, 6.45) is 3.56. The molecule has 1 amide bonds. The zero-order valence-electron chi connectivity index (χ0n) is 11.9. The number of amides is 1. The van der Waals surface area contributed by atoms with Gasteiger partial charge < -0.3 is 9.80 Å². The van der Waals surface area contributed by atoms with Crippen LogP contribution in [0.5, 0.6) is 0 Å². The summed E-state index contributed by atoms with van der Waals surface area (Å²) < 4.78 is 0. The normalized spacial score (nSPS) is 13.5. The summed E-state index contributed by atoms with van der Waals surface area (Å²) in [4.78, 5) is 31.0. The maximum Gasteiger partial charge on any atom is 0.299 e. The van der Waals surface area contributed by atoms with Crippen LogP contribution in [0.25, 0.3) is 0 Å². The lowest BCUT2D eigenvalue weighted by atomic mass is 10.1. The van der Waals surface area contributed by atoms with Crippen LogP contribution in [0.3, 0.4) is 0 Å². The number of nitrogens with zero attached hydrogens (tertiary/aromatic N) is 3. The molecule has 0 spiro atoms. The van der Waals surface area contributed by atoms with Crippen molar-refractivity contribution in [2.75, 3.05) is 23.9 Å². The first-order valence-electron chi connectivity index (χ1n) is 6.64. The van der Waals surface area contributed by atoms with Crippen LogP contribution in [0.1, 0.15) is 15.9 Å². The van der Waals surface area contributed by atoms with Gasteiger partial charge in [-0.2, -0.15) is 0 Å². The van der Waals surface area contributed by atoms with Gasteiger partial charge in [-0.15, -0.1) is 0 Å². The Balaban J connectivity index is 1.88. The van der Waals surface area contributed by atoms with E-state index in [1.807, 2.05) is 37.5 Å². The monoisotopic (exact) mass is 281 g/mol. The Morgan fingerprint density at radius 3 is 2.76 bits per heavy atom. The lowest BCUT2D eigenvalue weighted by Crippen LogP contribution is -2.24. The van der Waals surface area contributed by atoms with Crippen molar-refractivity contribution in [1.29, 1.82) is 0 Å². The molecule has 0 saturated carbocycles. The number of fused-ring (bicyclic) bond motifs is 1. The molecule has 1 aliphatic heterocycles. The van der Waals surface area contributed by atoms with Crippen molar-refractivity contribution in [1.82, 2.24) is 4.98 Å². The van der Waals surface area contributed by atoms with E-state index in [-0.39, 0.29) is 0 Å². The number of likely N-dealkylation sites (N-methyl/N-ethyl adjacent to an activating group) is 1. The largest absolute Gasteiger partial charge is 0.370 e. The number of ketones is 1. The molecule has 2 heterocycles. The number of carbonyl (C=O) groups excluding carboxylic acids is 2. The Hall–Kier alpha value is -2.69. The minimum absolute atomic E-state index is 0.436. The molecule has 1 aromatic carbocycles. The van der Waals surface area contributed by atoms with Gasteiger partial charge in [-0.3, -0.25) is 14.6 Å². The van der Waals surface area contributed by atoms with Crippen molar-refractivity contribution in [2.24, 2.45) is 0 Å². The van der Waals surface area contributed by atoms with Crippen LogP contribution in [0.15, 0.2) is 42.7 Å². The molecule has 0 atom stereocenters. The van der Waals surface area contributed by atoms with Crippen LogP contribution in [-0.2, 0) is 11.3 Å². The third-order valence-electron chi connectivity index (χ3n) is 3.67. The Kier molecular flexibility index (Phi) is 3.17. The molecule has 0 unspecified atom stereocenters. The third-order valence-corrected chi connectivity index (χ3v) is 3.67. The minimum Gasteiger partial charge on any atom is -0.370 e. The minimum atomic E-state index is -0.475. The SMILES string of the molecule is CN(Cc1cccnc1)c1ccc2c(c1)N(C)C(=O)C2=O. The van der Waals surface area contributed by atoms with Crippen molar-refractivity contribution in [2.45, 2.75) is 6.54 Å². The molecule has 0 N–H and O–H groups in total. The second kappa shape index (κ2) is 5.01. The van der Waals surface area contributed by atoms with E-state index in [9.17, 15) is 9.59 Å². The number of aromatic nitrogens is 1. The first-order valence-corrected chi connectivity index (χ1v) is 6.64. The molecule has 0 saturated heterocycles. The average Bonchev–Trinajstić information content (AvgIpc) is 2.73. The fourth-order valence-electron chi connectivity index (χ4n) is 2.46. The maximum atomic E-state index is 11.8. The zero-order valence-corrected chi connectivity index (χ0v) is 11.9. The fourth-order valence-corrected chi connectivity index (χ4v) is 2.46. The Morgan fingerprint density at radius 2 is 2.05 bits per heavy atom. The third kappa shape index (κ3) is 2.27. The van der Waals surface area contributed by atoms with Crippen LogP contribution in [-0.4, -0.2) is 30.8 Å². The number of carbonyl (C=O) groups is 2. The zero-order chi connectivity index (χ0) is 15.0. The lowest BCUT2D eigenvalue weighted by molar-refractivity contribution is -0.114. The number of Topliss-reactive ketones (excluding diaryl/α,β-unsaturated/α-hetero) is 1. The summed E-state index contributed by atoms with van der Waals surface area (Å²) in [5, 5.41) is 0. The van der Waals surface area contributed by atoms with E-state index in [1.54, 1.807) is 19.3 Å². The predicted octanol–water partition coefficient (Wildman–Crippen LogP) is 1.88. The fraction of sp³-hybridized carbons (Fsp3) is 0.188. The van der Waals surface area contributed by atoms with Crippen LogP contribution >= 0.6 is 0 Å². The highest BCUT2D eigenvalue weighted by atomic mass is 16.2. The Labute approximate surface area is 122 Å². The molecule has 1 aliphatic rings. The number of pyridine rings is 1. The number of rotatable bonds is 3. The molecule has 0 bridgehead atoms. The quantitative estimate of drug-likeness (QED) is 0.806. The molecule has 5 nitrogen and oxygen atoms in total. The molecular formula is C16H15N3O2. The summed E-state index contributed by atoms with van der Waals surface area (Å²) in [5.74, 6) is -0.911. The van der Waals surface area contributed by atoms with Crippen molar-refractivity contribution < 1.29 is 9.59 Å². The van der Waals surface area contributed by atoms with Gasteiger partial charge in [0.25, 0.3) is 11.7 Å². The molecule has 0 fully saturated rings. The first kappa shape index (κ1) is 13.3. The smallest absolute Gasteiger partial charge is 0.299 e. The van der Waals surface area contributed by atoms with Crippen LogP contribution < -0.4 is 9.80 Å². The van der Waals surface area contributed by atoms with Crippen LogP contribution in [0.2, 0.25) is 0 Å². The van der Waals surface area contributed by atoms with Gasteiger partial charge in [0.2, 0.25) is 0 Å². The maximum absolute atomic E-state index is 11.8. The topological polar surface area (TPSA) is 53.5 Å². The number of hydrogen-bond acceptors (Lipinski definition) is 4. The van der Waals surface area contributed by atoms with Crippen molar-refractivity contribution >= 4 is 23.1 Å². The molecule has 5 heteroatoms. The molecule has 106 valence electrons. The summed E-state index contributed by atoms with van der Waals surface area (Å²) in [6.45, 7) is 0.707. The van der Waals surface area contributed by atoms with Crippen molar-refractivity contribution in [3.63, 3.8) is 0 Å². The van der Waals surface area contributed by atoms with Gasteiger partial charge in [0.1, 0.15) is 0 Å². The van der Waals surface area contributed by atoms with Gasteiger partial charge in [0, 0.05) is 38.7 Å². The van der Waals surface area contributed by atoms with E-state index in [0.29, 0.717) is 17.8 Å². The molecule has 1 aromatic heterocycles. The van der Waals surface area contributed by atoms with Gasteiger partial charge in [0.15, 0.2) is 0 Å².